The second kappa shape index (κ2) is 7.85. The van der Waals surface area contributed by atoms with Crippen molar-refractivity contribution in [2.24, 2.45) is 5.92 Å². The van der Waals surface area contributed by atoms with Crippen LogP contribution < -0.4 is 9.64 Å². The molecule has 2 fully saturated rings. The zero-order valence-electron chi connectivity index (χ0n) is 16.7. The van der Waals surface area contributed by atoms with E-state index >= 15 is 0 Å². The van der Waals surface area contributed by atoms with Crippen LogP contribution in [-0.4, -0.2) is 55.7 Å². The average molecular weight is 367 g/mol. The summed E-state index contributed by atoms with van der Waals surface area (Å²) in [5, 5.41) is 0. The Labute approximate surface area is 162 Å². The molecule has 0 N–H and O–H groups in total. The second-order valence-corrected chi connectivity index (χ2v) is 8.14. The third-order valence-electron chi connectivity index (χ3n) is 5.69. The number of hydrogen-bond acceptors (Lipinski definition) is 5. The lowest BCUT2D eigenvalue weighted by molar-refractivity contribution is 0.199. The number of likely N-dealkylation sites (tertiary alicyclic amines) is 1. The average Bonchev–Trinajstić information content (AvgIpc) is 3.51. The number of ether oxygens (including phenoxy) is 1. The highest BCUT2D eigenvalue weighted by Crippen LogP contribution is 2.37. The first-order valence-corrected chi connectivity index (χ1v) is 10.0. The van der Waals surface area contributed by atoms with Crippen molar-refractivity contribution in [1.82, 2.24) is 14.9 Å². The molecule has 0 amide bonds. The zero-order chi connectivity index (χ0) is 18.8. The first-order chi connectivity index (χ1) is 13.1. The molecule has 0 radical (unpaired) electrons. The minimum absolute atomic E-state index is 0.459. The molecule has 1 aliphatic heterocycles. The van der Waals surface area contributed by atoms with E-state index in [1.165, 1.54) is 44.5 Å². The molecule has 27 heavy (non-hydrogen) atoms. The first-order valence-electron chi connectivity index (χ1n) is 10.0. The molecule has 5 heteroatoms. The van der Waals surface area contributed by atoms with Gasteiger partial charge in [-0.3, -0.25) is 0 Å². The maximum Gasteiger partial charge on any atom is 0.225 e. The molecular weight excluding hydrogens is 336 g/mol. The summed E-state index contributed by atoms with van der Waals surface area (Å²) in [6, 6.07) is 8.24. The topological polar surface area (TPSA) is 41.5 Å². The predicted octanol–water partition coefficient (Wildman–Crippen LogP) is 3.81. The lowest BCUT2D eigenvalue weighted by Crippen LogP contribution is -2.36. The molecule has 4 rings (SSSR count). The van der Waals surface area contributed by atoms with E-state index < -0.39 is 0 Å². The molecule has 1 aromatic carbocycles. The third kappa shape index (κ3) is 4.24. The van der Waals surface area contributed by atoms with Crippen molar-refractivity contribution in [3.63, 3.8) is 0 Å². The highest BCUT2D eigenvalue weighted by molar-refractivity contribution is 5.68. The van der Waals surface area contributed by atoms with Crippen molar-refractivity contribution in [2.45, 2.75) is 31.6 Å². The molecule has 5 nitrogen and oxygen atoms in total. The molecule has 144 valence electrons. The van der Waals surface area contributed by atoms with Gasteiger partial charge in [0.15, 0.2) is 0 Å². The van der Waals surface area contributed by atoms with Crippen molar-refractivity contribution >= 4 is 5.95 Å². The summed E-state index contributed by atoms with van der Waals surface area (Å²) in [6.45, 7) is 3.60. The van der Waals surface area contributed by atoms with Gasteiger partial charge < -0.3 is 14.5 Å². The fourth-order valence-electron chi connectivity index (χ4n) is 4.04. The van der Waals surface area contributed by atoms with E-state index in [1.807, 2.05) is 37.3 Å². The van der Waals surface area contributed by atoms with E-state index in [2.05, 4.69) is 22.0 Å². The summed E-state index contributed by atoms with van der Waals surface area (Å²) in [5.41, 5.74) is 3.45. The van der Waals surface area contributed by atoms with E-state index in [1.54, 1.807) is 7.11 Å². The van der Waals surface area contributed by atoms with Crippen LogP contribution in [-0.2, 0) is 0 Å². The minimum atomic E-state index is 0.459. The number of piperidine rings is 1. The van der Waals surface area contributed by atoms with Gasteiger partial charge in [0.1, 0.15) is 5.75 Å². The van der Waals surface area contributed by atoms with Crippen molar-refractivity contribution < 1.29 is 4.74 Å². The molecule has 1 aliphatic carbocycles. The Kier molecular flexibility index (Phi) is 5.30. The fourth-order valence-corrected chi connectivity index (χ4v) is 4.04. The number of hydrogen-bond donors (Lipinski definition) is 0. The van der Waals surface area contributed by atoms with Crippen LogP contribution >= 0.6 is 0 Å². The summed E-state index contributed by atoms with van der Waals surface area (Å²) >= 11 is 0. The van der Waals surface area contributed by atoms with Gasteiger partial charge in [0.2, 0.25) is 5.95 Å². The number of rotatable bonds is 6. The SMILES string of the molecule is COc1cccc(-c2cnc(N(C)C)nc2[C@H]2CCCN(CC3CC3)C2)c1. The molecule has 0 bridgehead atoms. The molecular formula is C22H30N4O. The van der Waals surface area contributed by atoms with Gasteiger partial charge in [-0.15, -0.1) is 0 Å². The van der Waals surface area contributed by atoms with E-state index in [-0.39, 0.29) is 0 Å². The largest absolute Gasteiger partial charge is 0.497 e. The Bertz CT molecular complexity index is 788. The van der Waals surface area contributed by atoms with Gasteiger partial charge in [-0.2, -0.15) is 0 Å². The van der Waals surface area contributed by atoms with Gasteiger partial charge in [0, 0.05) is 44.9 Å². The molecule has 2 aromatic rings. The van der Waals surface area contributed by atoms with Crippen molar-refractivity contribution in [3.05, 3.63) is 36.2 Å². The highest BCUT2D eigenvalue weighted by Gasteiger charge is 2.30. The van der Waals surface area contributed by atoms with Crippen LogP contribution in [0.3, 0.4) is 0 Å². The Morgan fingerprint density at radius 3 is 2.81 bits per heavy atom. The Balaban J connectivity index is 1.68. The summed E-state index contributed by atoms with van der Waals surface area (Å²) in [4.78, 5) is 14.2. The van der Waals surface area contributed by atoms with Crippen molar-refractivity contribution in [1.29, 1.82) is 0 Å². The number of methoxy groups -OCH3 is 1. The maximum absolute atomic E-state index is 5.43. The molecule has 0 unspecified atom stereocenters. The Hall–Kier alpha value is -2.14. The van der Waals surface area contributed by atoms with Crippen molar-refractivity contribution in [3.8, 4) is 16.9 Å². The van der Waals surface area contributed by atoms with Gasteiger partial charge in [-0.05, 0) is 55.8 Å². The van der Waals surface area contributed by atoms with Crippen LogP contribution in [0.25, 0.3) is 11.1 Å². The predicted molar refractivity (Wildman–Crippen MR) is 109 cm³/mol. The lowest BCUT2D eigenvalue weighted by Gasteiger charge is -2.33. The molecule has 1 aromatic heterocycles. The summed E-state index contributed by atoms with van der Waals surface area (Å²) in [6.07, 6.45) is 7.26. The third-order valence-corrected chi connectivity index (χ3v) is 5.69. The van der Waals surface area contributed by atoms with Gasteiger partial charge in [-0.25, -0.2) is 9.97 Å². The van der Waals surface area contributed by atoms with Crippen LogP contribution in [0.4, 0.5) is 5.95 Å². The van der Waals surface area contributed by atoms with Crippen LogP contribution in [0.5, 0.6) is 5.75 Å². The number of aromatic nitrogens is 2. The van der Waals surface area contributed by atoms with E-state index in [9.17, 15) is 0 Å². The van der Waals surface area contributed by atoms with Crippen LogP contribution in [0.2, 0.25) is 0 Å². The Morgan fingerprint density at radius 1 is 1.22 bits per heavy atom. The van der Waals surface area contributed by atoms with Gasteiger partial charge in [-0.1, -0.05) is 12.1 Å². The van der Waals surface area contributed by atoms with Crippen LogP contribution in [0.15, 0.2) is 30.5 Å². The van der Waals surface area contributed by atoms with E-state index in [0.717, 1.165) is 35.3 Å². The molecule has 1 saturated carbocycles. The number of nitrogens with zero attached hydrogens (tertiary/aromatic N) is 4. The summed E-state index contributed by atoms with van der Waals surface area (Å²) < 4.78 is 5.43. The molecule has 2 aliphatic rings. The smallest absolute Gasteiger partial charge is 0.225 e. The van der Waals surface area contributed by atoms with Crippen molar-refractivity contribution in [2.75, 3.05) is 45.7 Å². The summed E-state index contributed by atoms with van der Waals surface area (Å²) in [5.74, 6) is 3.05. The molecule has 1 saturated heterocycles. The standard InChI is InChI=1S/C22H30N4O/c1-25(2)22-23-13-20(17-6-4-8-19(12-17)27-3)21(24-22)18-7-5-11-26(15-18)14-16-9-10-16/h4,6,8,12-13,16,18H,5,7,9-11,14-15H2,1-3H3/t18-/m0/s1. The second-order valence-electron chi connectivity index (χ2n) is 8.14. The molecule has 1 atom stereocenters. The minimum Gasteiger partial charge on any atom is -0.497 e. The molecule has 2 heterocycles. The lowest BCUT2D eigenvalue weighted by atomic mass is 9.89. The maximum atomic E-state index is 5.43. The fraction of sp³-hybridized carbons (Fsp3) is 0.545. The first kappa shape index (κ1) is 18.2. The number of benzene rings is 1. The van der Waals surface area contributed by atoms with E-state index in [0.29, 0.717) is 5.92 Å². The zero-order valence-corrected chi connectivity index (χ0v) is 16.7. The quantitative estimate of drug-likeness (QED) is 0.778. The van der Waals surface area contributed by atoms with E-state index in [4.69, 9.17) is 9.72 Å². The molecule has 0 spiro atoms. The van der Waals surface area contributed by atoms with Crippen LogP contribution in [0, 0.1) is 5.92 Å². The highest BCUT2D eigenvalue weighted by atomic mass is 16.5. The summed E-state index contributed by atoms with van der Waals surface area (Å²) in [7, 11) is 5.72. The van der Waals surface area contributed by atoms with Gasteiger partial charge >= 0.3 is 0 Å². The Morgan fingerprint density at radius 2 is 2.07 bits per heavy atom. The van der Waals surface area contributed by atoms with Gasteiger partial charge in [0.05, 0.1) is 12.8 Å². The van der Waals surface area contributed by atoms with Crippen LogP contribution in [0.1, 0.15) is 37.3 Å². The monoisotopic (exact) mass is 366 g/mol. The normalized spacial score (nSPS) is 20.5. The van der Waals surface area contributed by atoms with Gasteiger partial charge in [0.25, 0.3) is 0 Å². The number of anilines is 1.